The van der Waals surface area contributed by atoms with Crippen molar-refractivity contribution < 1.29 is 9.72 Å². The van der Waals surface area contributed by atoms with Crippen LogP contribution in [0.25, 0.3) is 5.69 Å². The third-order valence-electron chi connectivity index (χ3n) is 4.72. The molecule has 12 heteroatoms. The summed E-state index contributed by atoms with van der Waals surface area (Å²) >= 11 is 12.2. The number of rotatable bonds is 8. The van der Waals surface area contributed by atoms with E-state index in [0.29, 0.717) is 12.1 Å². The molecule has 0 radical (unpaired) electrons. The Morgan fingerprint density at radius 3 is 2.68 bits per heavy atom. The van der Waals surface area contributed by atoms with Crippen molar-refractivity contribution in [3.63, 3.8) is 0 Å². The molecule has 0 spiro atoms. The fraction of sp³-hybridized carbons (Fsp3) is 0.263. The second kappa shape index (κ2) is 9.71. The van der Waals surface area contributed by atoms with E-state index in [2.05, 4.69) is 20.5 Å². The first-order valence-corrected chi connectivity index (χ1v) is 10.0. The summed E-state index contributed by atoms with van der Waals surface area (Å²) in [5, 5.41) is 22.8. The van der Waals surface area contributed by atoms with E-state index in [1.165, 1.54) is 34.4 Å². The minimum Gasteiger partial charge on any atom is -0.362 e. The molecule has 0 saturated heterocycles. The Labute approximate surface area is 187 Å². The van der Waals surface area contributed by atoms with Crippen LogP contribution in [-0.2, 0) is 0 Å². The zero-order valence-corrected chi connectivity index (χ0v) is 18.2. The van der Waals surface area contributed by atoms with Gasteiger partial charge >= 0.3 is 5.69 Å². The van der Waals surface area contributed by atoms with Gasteiger partial charge in [0.25, 0.3) is 5.91 Å². The lowest BCUT2D eigenvalue weighted by atomic mass is 10.1. The third-order valence-corrected chi connectivity index (χ3v) is 5.24. The van der Waals surface area contributed by atoms with Crippen molar-refractivity contribution in [1.82, 2.24) is 24.9 Å². The predicted molar refractivity (Wildman–Crippen MR) is 117 cm³/mol. The van der Waals surface area contributed by atoms with Gasteiger partial charge in [-0.2, -0.15) is 15.0 Å². The van der Waals surface area contributed by atoms with Crippen molar-refractivity contribution in [2.45, 2.75) is 19.4 Å². The van der Waals surface area contributed by atoms with Gasteiger partial charge in [-0.1, -0.05) is 36.2 Å². The highest BCUT2D eigenvalue weighted by atomic mass is 35.5. The molecule has 162 valence electrons. The molecule has 0 aliphatic carbocycles. The molecule has 2 aromatic heterocycles. The van der Waals surface area contributed by atoms with Crippen LogP contribution >= 0.6 is 23.2 Å². The van der Waals surface area contributed by atoms with E-state index in [-0.39, 0.29) is 45.6 Å². The number of nitrogens with one attached hydrogen (secondary N) is 1. The summed E-state index contributed by atoms with van der Waals surface area (Å²) in [7, 11) is 1.64. The average molecular weight is 464 g/mol. The number of hydrogen-bond acceptors (Lipinski definition) is 7. The Morgan fingerprint density at radius 2 is 2.03 bits per heavy atom. The summed E-state index contributed by atoms with van der Waals surface area (Å²) in [4.78, 5) is 30.9. The third kappa shape index (κ3) is 4.92. The predicted octanol–water partition coefficient (Wildman–Crippen LogP) is 3.84. The molecule has 0 unspecified atom stereocenters. The largest absolute Gasteiger partial charge is 0.362 e. The summed E-state index contributed by atoms with van der Waals surface area (Å²) in [6.45, 7) is 2.14. The molecule has 1 aromatic carbocycles. The second-order valence-corrected chi connectivity index (χ2v) is 7.43. The van der Waals surface area contributed by atoms with E-state index in [0.717, 1.165) is 0 Å². The number of nitrogens with zero attached hydrogens (tertiary/aromatic N) is 6. The van der Waals surface area contributed by atoms with Crippen LogP contribution in [-0.4, -0.2) is 55.3 Å². The number of anilines is 1. The lowest BCUT2D eigenvalue weighted by Crippen LogP contribution is -2.41. The minimum atomic E-state index is -0.565. The van der Waals surface area contributed by atoms with Crippen LogP contribution < -0.4 is 5.32 Å². The molecule has 3 aromatic rings. The van der Waals surface area contributed by atoms with E-state index in [1.54, 1.807) is 25.2 Å². The molecule has 0 fully saturated rings. The van der Waals surface area contributed by atoms with Gasteiger partial charge in [-0.3, -0.25) is 14.9 Å². The highest BCUT2D eigenvalue weighted by Crippen LogP contribution is 2.27. The fourth-order valence-corrected chi connectivity index (χ4v) is 3.45. The molecule has 31 heavy (non-hydrogen) atoms. The number of aromatic nitrogens is 4. The molecule has 3 rings (SSSR count). The number of carbonyl (C=O) groups excluding carboxylic acids is 1. The molecular formula is C19H19Cl2N7O3. The van der Waals surface area contributed by atoms with Gasteiger partial charge in [0.1, 0.15) is 0 Å². The first-order valence-electron chi connectivity index (χ1n) is 9.29. The maximum atomic E-state index is 13.3. The van der Waals surface area contributed by atoms with Gasteiger partial charge in [0.05, 0.1) is 38.6 Å². The molecule has 1 atom stereocenters. The van der Waals surface area contributed by atoms with E-state index in [4.69, 9.17) is 23.2 Å². The number of carbonyl (C=O) groups is 1. The van der Waals surface area contributed by atoms with Gasteiger partial charge in [-0.25, -0.2) is 4.98 Å². The summed E-state index contributed by atoms with van der Waals surface area (Å²) in [5.41, 5.74) is 0.471. The monoisotopic (exact) mass is 463 g/mol. The fourth-order valence-electron chi connectivity index (χ4n) is 3.05. The molecule has 0 bridgehead atoms. The van der Waals surface area contributed by atoms with Gasteiger partial charge in [-0.15, -0.1) is 0 Å². The van der Waals surface area contributed by atoms with E-state index in [9.17, 15) is 14.9 Å². The van der Waals surface area contributed by atoms with E-state index in [1.807, 2.05) is 6.92 Å². The number of hydrogen-bond donors (Lipinski definition) is 1. The quantitative estimate of drug-likeness (QED) is 0.397. The number of halogens is 2. The van der Waals surface area contributed by atoms with Crippen molar-refractivity contribution >= 4 is 40.6 Å². The van der Waals surface area contributed by atoms with Crippen molar-refractivity contribution in [1.29, 1.82) is 0 Å². The van der Waals surface area contributed by atoms with E-state index < -0.39 is 4.92 Å². The average Bonchev–Trinajstić information content (AvgIpc) is 3.28. The van der Waals surface area contributed by atoms with Crippen LogP contribution in [0.3, 0.4) is 0 Å². The topological polar surface area (TPSA) is 119 Å². The van der Waals surface area contributed by atoms with Gasteiger partial charge in [0, 0.05) is 31.9 Å². The normalized spacial score (nSPS) is 11.7. The smallest absolute Gasteiger partial charge is 0.312 e. The van der Waals surface area contributed by atoms with Crippen molar-refractivity contribution in [2.75, 3.05) is 18.9 Å². The van der Waals surface area contributed by atoms with Crippen molar-refractivity contribution in [3.05, 3.63) is 68.6 Å². The van der Waals surface area contributed by atoms with Crippen LogP contribution in [0.15, 0.2) is 42.9 Å². The van der Waals surface area contributed by atoms with Gasteiger partial charge in [-0.05, 0) is 18.6 Å². The SMILES string of the molecule is CC[C@@H](CNc1ncc(Cl)cc1[N+](=O)[O-])N(C)C(=O)c1c(Cl)cccc1-n1nccn1. The van der Waals surface area contributed by atoms with Crippen LogP contribution in [0.2, 0.25) is 10.0 Å². The number of pyridine rings is 1. The highest BCUT2D eigenvalue weighted by Gasteiger charge is 2.26. The van der Waals surface area contributed by atoms with Crippen LogP contribution in [0.4, 0.5) is 11.5 Å². The molecule has 1 amide bonds. The van der Waals surface area contributed by atoms with Crippen LogP contribution in [0, 0.1) is 10.1 Å². The number of amides is 1. The van der Waals surface area contributed by atoms with Crippen molar-refractivity contribution in [2.24, 2.45) is 0 Å². The minimum absolute atomic E-state index is 0.0767. The Morgan fingerprint density at radius 1 is 1.32 bits per heavy atom. The Kier molecular flexibility index (Phi) is 7.03. The number of benzene rings is 1. The van der Waals surface area contributed by atoms with Gasteiger partial charge < -0.3 is 10.2 Å². The summed E-state index contributed by atoms with van der Waals surface area (Å²) in [6.07, 6.45) is 4.91. The summed E-state index contributed by atoms with van der Waals surface area (Å²) < 4.78 is 0. The maximum absolute atomic E-state index is 13.3. The highest BCUT2D eigenvalue weighted by molar-refractivity contribution is 6.34. The Hall–Kier alpha value is -3.24. The number of likely N-dealkylation sites (N-methyl/N-ethyl adjacent to an activating group) is 1. The van der Waals surface area contributed by atoms with Crippen LogP contribution in [0.1, 0.15) is 23.7 Å². The molecule has 1 N–H and O–H groups in total. The van der Waals surface area contributed by atoms with Gasteiger partial charge in [0.15, 0.2) is 0 Å². The van der Waals surface area contributed by atoms with Crippen LogP contribution in [0.5, 0.6) is 0 Å². The molecule has 10 nitrogen and oxygen atoms in total. The summed E-state index contributed by atoms with van der Waals surface area (Å²) in [6, 6.07) is 5.95. The maximum Gasteiger partial charge on any atom is 0.312 e. The molecule has 2 heterocycles. The second-order valence-electron chi connectivity index (χ2n) is 6.59. The lowest BCUT2D eigenvalue weighted by molar-refractivity contribution is -0.384. The lowest BCUT2D eigenvalue weighted by Gasteiger charge is -2.28. The molecular weight excluding hydrogens is 445 g/mol. The molecule has 0 aliphatic rings. The first kappa shape index (κ1) is 22.4. The Bertz CT molecular complexity index is 1090. The number of nitro groups is 1. The standard InChI is InChI=1S/C19H19Cl2N7O3/c1-3-13(11-23-18-16(28(30)31)9-12(20)10-22-18)26(2)19(29)17-14(21)5-4-6-15(17)27-24-7-8-25-27/h4-10,13H,3,11H2,1-2H3,(H,22,23)/t13-/m0/s1. The first-order chi connectivity index (χ1) is 14.8. The molecule has 0 aliphatic heterocycles. The van der Waals surface area contributed by atoms with Gasteiger partial charge in [0.2, 0.25) is 5.82 Å². The van der Waals surface area contributed by atoms with Crippen molar-refractivity contribution in [3.8, 4) is 5.69 Å². The zero-order valence-electron chi connectivity index (χ0n) is 16.7. The molecule has 0 saturated carbocycles. The van der Waals surface area contributed by atoms with E-state index >= 15 is 0 Å². The zero-order chi connectivity index (χ0) is 22.5. The summed E-state index contributed by atoms with van der Waals surface area (Å²) in [5.74, 6) is -0.252. The Balaban J connectivity index is 1.83.